The predicted octanol–water partition coefficient (Wildman–Crippen LogP) is 5.61. The van der Waals surface area contributed by atoms with Gasteiger partial charge in [0.15, 0.2) is 0 Å². The third-order valence-electron chi connectivity index (χ3n) is 5.35. The lowest BCUT2D eigenvalue weighted by Gasteiger charge is -2.10. The molecule has 1 aliphatic carbocycles. The summed E-state index contributed by atoms with van der Waals surface area (Å²) in [6.07, 6.45) is 1.05. The minimum Gasteiger partial charge on any atom is -0.292 e. The highest BCUT2D eigenvalue weighted by molar-refractivity contribution is 7.88. The molecule has 5 nitrogen and oxygen atoms in total. The Balaban J connectivity index is 1.57. The molecule has 0 radical (unpaired) electrons. The Kier molecular flexibility index (Phi) is 5.08. The van der Waals surface area contributed by atoms with E-state index < -0.39 is 21.9 Å². The molecule has 10 heteroatoms. The number of fused-ring (bicyclic) bond motifs is 1. The van der Waals surface area contributed by atoms with Crippen LogP contribution in [0.1, 0.15) is 40.5 Å². The molecular weight excluding hydrogens is 473 g/mol. The number of aromatic nitrogens is 2. The number of hydrogen-bond acceptors (Lipinski definition) is 4. The number of hydrogen-bond donors (Lipinski definition) is 1. The summed E-state index contributed by atoms with van der Waals surface area (Å²) < 4.78 is 72.1. The van der Waals surface area contributed by atoms with Gasteiger partial charge in [0, 0.05) is 6.20 Å². The summed E-state index contributed by atoms with van der Waals surface area (Å²) in [4.78, 5) is 4.95. The van der Waals surface area contributed by atoms with Crippen molar-refractivity contribution < 1.29 is 26.1 Å². The first kappa shape index (κ1) is 21.7. The van der Waals surface area contributed by atoms with Gasteiger partial charge in [0.1, 0.15) is 15.6 Å². The minimum absolute atomic E-state index is 0.189. The van der Waals surface area contributed by atoms with E-state index in [1.807, 2.05) is 10.5 Å². The van der Waals surface area contributed by atoms with Gasteiger partial charge in [-0.2, -0.15) is 21.6 Å². The maximum Gasteiger partial charge on any atom is 0.416 e. The van der Waals surface area contributed by atoms with Crippen molar-refractivity contribution in [2.75, 3.05) is 0 Å². The number of pyridine rings is 1. The van der Waals surface area contributed by atoms with Gasteiger partial charge in [0.25, 0.3) is 0 Å². The number of thiophene rings is 1. The quantitative estimate of drug-likeness (QED) is 0.301. The van der Waals surface area contributed by atoms with E-state index in [0.717, 1.165) is 53.1 Å². The van der Waals surface area contributed by atoms with E-state index in [0.29, 0.717) is 22.1 Å². The Morgan fingerprint density at radius 2 is 1.79 bits per heavy atom. The van der Waals surface area contributed by atoms with E-state index in [1.165, 1.54) is 24.3 Å². The first-order chi connectivity index (χ1) is 15.6. The largest absolute Gasteiger partial charge is 0.416 e. The Labute approximate surface area is 191 Å². The van der Waals surface area contributed by atoms with Crippen LogP contribution in [0.5, 0.6) is 0 Å². The fraction of sp³-hybridized carbons (Fsp3) is 0.174. The van der Waals surface area contributed by atoms with E-state index in [1.54, 1.807) is 12.4 Å². The highest BCUT2D eigenvalue weighted by Gasteiger charge is 2.30. The number of imidazole rings is 1. The molecule has 0 bridgehead atoms. The monoisotopic (exact) mass is 488 g/mol. The van der Waals surface area contributed by atoms with E-state index in [2.05, 4.69) is 16.8 Å². The molecule has 1 aliphatic rings. The van der Waals surface area contributed by atoms with Gasteiger partial charge in [-0.3, -0.25) is 8.95 Å². The smallest absolute Gasteiger partial charge is 0.292 e. The number of alkyl halides is 3. The number of rotatable bonds is 3. The topological polar surface area (TPSA) is 71.7 Å². The molecule has 3 aromatic heterocycles. The molecule has 0 unspecified atom stereocenters. The summed E-state index contributed by atoms with van der Waals surface area (Å²) in [7, 11) is -4.28. The second-order valence-electron chi connectivity index (χ2n) is 7.71. The zero-order chi connectivity index (χ0) is 23.4. The van der Waals surface area contributed by atoms with Gasteiger partial charge in [-0.1, -0.05) is 12.1 Å². The van der Waals surface area contributed by atoms with Crippen LogP contribution >= 0.6 is 11.3 Å². The first-order valence-corrected chi connectivity index (χ1v) is 12.1. The maximum atomic E-state index is 12.9. The summed E-state index contributed by atoms with van der Waals surface area (Å²) in [5, 5.41) is 0. The van der Waals surface area contributed by atoms with Crippen molar-refractivity contribution in [1.29, 1.82) is 0 Å². The van der Waals surface area contributed by atoms with E-state index in [4.69, 9.17) is 4.55 Å². The summed E-state index contributed by atoms with van der Waals surface area (Å²) >= 11 is 0.855. The van der Waals surface area contributed by atoms with Crippen LogP contribution in [-0.2, 0) is 16.3 Å². The fourth-order valence-corrected chi connectivity index (χ4v) is 5.08. The second kappa shape index (κ2) is 7.73. The zero-order valence-electron chi connectivity index (χ0n) is 16.8. The zero-order valence-corrected chi connectivity index (χ0v) is 18.4. The van der Waals surface area contributed by atoms with E-state index in [9.17, 15) is 21.6 Å². The highest BCUT2D eigenvalue weighted by Crippen LogP contribution is 2.43. The molecule has 168 valence electrons. The predicted molar refractivity (Wildman–Crippen MR) is 118 cm³/mol. The van der Waals surface area contributed by atoms with Crippen LogP contribution < -0.4 is 0 Å². The Bertz CT molecular complexity index is 1540. The molecule has 33 heavy (non-hydrogen) atoms. The average Bonchev–Trinajstić information content (AvgIpc) is 3.34. The summed E-state index contributed by atoms with van der Waals surface area (Å²) in [5.74, 6) is 6.21. The van der Waals surface area contributed by atoms with Crippen LogP contribution in [0.4, 0.5) is 13.2 Å². The number of nitrogens with zero attached hydrogens (tertiary/aromatic N) is 2. The van der Waals surface area contributed by atoms with Crippen molar-refractivity contribution in [1.82, 2.24) is 9.38 Å². The molecule has 0 amide bonds. The van der Waals surface area contributed by atoms with Crippen molar-refractivity contribution in [2.45, 2.75) is 29.1 Å². The molecule has 0 atom stereocenters. The van der Waals surface area contributed by atoms with Crippen molar-refractivity contribution in [3.05, 3.63) is 76.6 Å². The van der Waals surface area contributed by atoms with Crippen LogP contribution in [0.15, 0.2) is 59.1 Å². The standard InChI is InChI=1S/C23H15F3N2O3S2/c24-23(25,26)17-5-3-14(4-6-17)16-11-20(15-1-2-15)22-27-12-18(28(22)13-16)7-8-19-9-10-21(32-19)33(29,30)31/h3-6,9-13,15H,1-2H2,(H,29,30,31). The summed E-state index contributed by atoms with van der Waals surface area (Å²) in [6.45, 7) is 0. The van der Waals surface area contributed by atoms with Crippen LogP contribution in [0.25, 0.3) is 16.8 Å². The summed E-state index contributed by atoms with van der Waals surface area (Å²) in [6, 6.07) is 9.79. The number of benzene rings is 1. The SMILES string of the molecule is O=S(=O)(O)c1ccc(C#Cc2cnc3c(C4CC4)cc(-c4ccc(C(F)(F)F)cc4)cn23)s1. The molecule has 0 saturated heterocycles. The molecule has 3 heterocycles. The highest BCUT2D eigenvalue weighted by atomic mass is 32.3. The molecule has 1 aromatic carbocycles. The molecule has 4 aromatic rings. The van der Waals surface area contributed by atoms with E-state index in [-0.39, 0.29) is 4.21 Å². The third-order valence-corrected chi connectivity index (χ3v) is 7.67. The minimum atomic E-state index is -4.40. The Morgan fingerprint density at radius 3 is 2.39 bits per heavy atom. The Hall–Kier alpha value is -3.13. The van der Waals surface area contributed by atoms with Gasteiger partial charge in [0.05, 0.1) is 16.6 Å². The van der Waals surface area contributed by atoms with Crippen molar-refractivity contribution >= 4 is 27.1 Å². The fourth-order valence-electron chi connectivity index (χ4n) is 3.56. The van der Waals surface area contributed by atoms with Crippen molar-refractivity contribution in [3.63, 3.8) is 0 Å². The summed E-state index contributed by atoms with van der Waals surface area (Å²) in [5.41, 5.74) is 3.01. The lowest BCUT2D eigenvalue weighted by atomic mass is 10.0. The average molecular weight is 489 g/mol. The van der Waals surface area contributed by atoms with Gasteiger partial charge < -0.3 is 0 Å². The van der Waals surface area contributed by atoms with Crippen molar-refractivity contribution in [3.8, 4) is 23.0 Å². The van der Waals surface area contributed by atoms with Gasteiger partial charge in [0.2, 0.25) is 0 Å². The first-order valence-electron chi connectivity index (χ1n) is 9.87. The molecule has 5 rings (SSSR count). The Morgan fingerprint density at radius 1 is 1.06 bits per heavy atom. The normalized spacial score (nSPS) is 14.3. The molecule has 0 spiro atoms. The van der Waals surface area contributed by atoms with Crippen molar-refractivity contribution in [2.24, 2.45) is 0 Å². The maximum absolute atomic E-state index is 12.9. The van der Waals surface area contributed by atoms with Crippen LogP contribution in [-0.4, -0.2) is 22.4 Å². The van der Waals surface area contributed by atoms with Gasteiger partial charge in [-0.15, -0.1) is 11.3 Å². The van der Waals surface area contributed by atoms with Crippen LogP contribution in [0, 0.1) is 11.8 Å². The van der Waals surface area contributed by atoms with Crippen LogP contribution in [0.3, 0.4) is 0 Å². The molecule has 1 fully saturated rings. The van der Waals surface area contributed by atoms with E-state index >= 15 is 0 Å². The molecular formula is C23H15F3N2O3S2. The lowest BCUT2D eigenvalue weighted by Crippen LogP contribution is -2.04. The second-order valence-corrected chi connectivity index (χ2v) is 10.4. The van der Waals surface area contributed by atoms with Crippen LogP contribution in [0.2, 0.25) is 0 Å². The molecule has 1 saturated carbocycles. The lowest BCUT2D eigenvalue weighted by molar-refractivity contribution is -0.137. The van der Waals surface area contributed by atoms with Gasteiger partial charge in [-0.05, 0) is 77.6 Å². The van der Waals surface area contributed by atoms with Gasteiger partial charge in [-0.25, -0.2) is 4.98 Å². The third kappa shape index (κ3) is 4.39. The molecule has 0 aliphatic heterocycles. The number of halogens is 3. The van der Waals surface area contributed by atoms with Gasteiger partial charge >= 0.3 is 16.3 Å². The molecule has 1 N–H and O–H groups in total.